The minimum Gasteiger partial charge on any atom is -0.478 e. The van der Waals surface area contributed by atoms with E-state index < -0.39 is 17.9 Å². The molecule has 0 amide bonds. The zero-order valence-electron chi connectivity index (χ0n) is 14.9. The van der Waals surface area contributed by atoms with Crippen molar-refractivity contribution in [2.75, 3.05) is 0 Å². The highest BCUT2D eigenvalue weighted by molar-refractivity contribution is 6.23. The second-order valence-electron chi connectivity index (χ2n) is 6.56. The maximum Gasteiger partial charge on any atom is 0.336 e. The first-order chi connectivity index (χ1) is 13.9. The van der Waals surface area contributed by atoms with Gasteiger partial charge in [-0.05, 0) is 50.9 Å². The van der Waals surface area contributed by atoms with Crippen LogP contribution < -0.4 is 0 Å². The Morgan fingerprint density at radius 2 is 0.966 bits per heavy atom. The molecule has 3 N–H and O–H groups in total. The number of hydrogen-bond donors (Lipinski definition) is 3. The van der Waals surface area contributed by atoms with Gasteiger partial charge in [-0.1, -0.05) is 48.5 Å². The molecule has 6 heteroatoms. The number of aromatic carboxylic acids is 3. The van der Waals surface area contributed by atoms with Crippen LogP contribution in [-0.2, 0) is 0 Å². The largest absolute Gasteiger partial charge is 0.478 e. The third-order valence-corrected chi connectivity index (χ3v) is 4.86. The minimum atomic E-state index is -1.25. The van der Waals surface area contributed by atoms with Crippen molar-refractivity contribution < 1.29 is 29.7 Å². The van der Waals surface area contributed by atoms with Gasteiger partial charge in [0.05, 0.1) is 16.7 Å². The van der Waals surface area contributed by atoms with Gasteiger partial charge in [0.1, 0.15) is 0 Å². The molecule has 0 heterocycles. The number of carboxylic acid groups (broad SMARTS) is 3. The van der Waals surface area contributed by atoms with E-state index in [1.807, 2.05) is 0 Å². The highest BCUT2D eigenvalue weighted by atomic mass is 16.4. The first-order valence-electron chi connectivity index (χ1n) is 8.67. The van der Waals surface area contributed by atoms with Gasteiger partial charge in [-0.3, -0.25) is 0 Å². The van der Waals surface area contributed by atoms with Crippen molar-refractivity contribution in [3.8, 4) is 11.1 Å². The Morgan fingerprint density at radius 1 is 0.552 bits per heavy atom. The van der Waals surface area contributed by atoms with Crippen LogP contribution in [0.4, 0.5) is 0 Å². The quantitative estimate of drug-likeness (QED) is 0.436. The third kappa shape index (κ3) is 2.96. The lowest BCUT2D eigenvalue weighted by molar-refractivity contribution is 0.0684. The van der Waals surface area contributed by atoms with E-state index in [1.54, 1.807) is 48.5 Å². The highest BCUT2D eigenvalue weighted by Crippen LogP contribution is 2.39. The molecule has 4 aromatic rings. The normalized spacial score (nSPS) is 10.9. The monoisotopic (exact) mass is 386 g/mol. The first kappa shape index (κ1) is 18.2. The fraction of sp³-hybridized carbons (Fsp3) is 0. The number of carbonyl (C=O) groups is 3. The highest BCUT2D eigenvalue weighted by Gasteiger charge is 2.20. The predicted octanol–water partition coefficient (Wildman–Crippen LogP) is 4.75. The topological polar surface area (TPSA) is 112 Å². The summed E-state index contributed by atoms with van der Waals surface area (Å²) in [6.45, 7) is 0. The Hall–Kier alpha value is -4.19. The smallest absolute Gasteiger partial charge is 0.336 e. The van der Waals surface area contributed by atoms with Gasteiger partial charge in [-0.15, -0.1) is 0 Å². The van der Waals surface area contributed by atoms with Gasteiger partial charge in [0, 0.05) is 0 Å². The summed E-state index contributed by atoms with van der Waals surface area (Å²) in [6.07, 6.45) is 0. The van der Waals surface area contributed by atoms with Gasteiger partial charge < -0.3 is 15.3 Å². The molecule has 0 saturated heterocycles. The van der Waals surface area contributed by atoms with Gasteiger partial charge in [0.25, 0.3) is 0 Å². The Labute approximate surface area is 164 Å². The van der Waals surface area contributed by atoms with Crippen LogP contribution in [-0.4, -0.2) is 33.2 Å². The summed E-state index contributed by atoms with van der Waals surface area (Å²) in [5.41, 5.74) is 0.817. The molecule has 4 rings (SSSR count). The minimum absolute atomic E-state index is 0.146. The van der Waals surface area contributed by atoms with Crippen LogP contribution in [0.3, 0.4) is 0 Å². The van der Waals surface area contributed by atoms with Crippen molar-refractivity contribution in [3.05, 3.63) is 83.4 Å². The molecule has 0 aliphatic rings. The number of rotatable bonds is 4. The summed E-state index contributed by atoms with van der Waals surface area (Å²) in [6, 6.07) is 17.7. The average Bonchev–Trinajstić information content (AvgIpc) is 2.71. The maximum absolute atomic E-state index is 12.0. The van der Waals surface area contributed by atoms with Crippen LogP contribution in [0.25, 0.3) is 32.7 Å². The molecule has 0 saturated carbocycles. The van der Waals surface area contributed by atoms with E-state index in [1.165, 1.54) is 12.1 Å². The number of carboxylic acids is 3. The zero-order valence-corrected chi connectivity index (χ0v) is 14.9. The summed E-state index contributed by atoms with van der Waals surface area (Å²) < 4.78 is 0. The van der Waals surface area contributed by atoms with Gasteiger partial charge in [0.2, 0.25) is 0 Å². The lowest BCUT2D eigenvalue weighted by atomic mass is 9.87. The molecular weight excluding hydrogens is 372 g/mol. The summed E-state index contributed by atoms with van der Waals surface area (Å²) >= 11 is 0. The van der Waals surface area contributed by atoms with E-state index in [0.717, 1.165) is 6.07 Å². The van der Waals surface area contributed by atoms with Crippen LogP contribution in [0, 0.1) is 0 Å². The first-order valence-corrected chi connectivity index (χ1v) is 8.67. The van der Waals surface area contributed by atoms with Crippen molar-refractivity contribution in [1.29, 1.82) is 0 Å². The van der Waals surface area contributed by atoms with Crippen LogP contribution in [0.5, 0.6) is 0 Å². The van der Waals surface area contributed by atoms with Crippen molar-refractivity contribution in [3.63, 3.8) is 0 Å². The van der Waals surface area contributed by atoms with Gasteiger partial charge in [-0.2, -0.15) is 0 Å². The molecular formula is C23H14O6. The van der Waals surface area contributed by atoms with E-state index in [-0.39, 0.29) is 16.7 Å². The second kappa shape index (κ2) is 6.76. The van der Waals surface area contributed by atoms with Crippen molar-refractivity contribution in [2.24, 2.45) is 0 Å². The fourth-order valence-corrected chi connectivity index (χ4v) is 3.69. The Kier molecular flexibility index (Phi) is 4.24. The molecule has 0 aliphatic heterocycles. The molecule has 0 unspecified atom stereocenters. The number of hydrogen-bond acceptors (Lipinski definition) is 3. The second-order valence-corrected chi connectivity index (χ2v) is 6.56. The van der Waals surface area contributed by atoms with Gasteiger partial charge in [0.15, 0.2) is 0 Å². The Morgan fingerprint density at radius 3 is 1.34 bits per heavy atom. The van der Waals surface area contributed by atoms with Crippen molar-refractivity contribution >= 4 is 39.5 Å². The van der Waals surface area contributed by atoms with Crippen LogP contribution in [0.2, 0.25) is 0 Å². The molecule has 6 nitrogen and oxygen atoms in total. The van der Waals surface area contributed by atoms with Crippen molar-refractivity contribution in [1.82, 2.24) is 0 Å². The molecule has 0 spiro atoms. The molecule has 4 aromatic carbocycles. The van der Waals surface area contributed by atoms with Gasteiger partial charge in [-0.25, -0.2) is 14.4 Å². The van der Waals surface area contributed by atoms with E-state index in [0.29, 0.717) is 32.7 Å². The molecule has 0 radical (unpaired) electrons. The molecule has 0 fully saturated rings. The van der Waals surface area contributed by atoms with E-state index in [9.17, 15) is 29.7 Å². The lowest BCUT2D eigenvalue weighted by Gasteiger charge is -2.16. The van der Waals surface area contributed by atoms with Crippen LogP contribution in [0.1, 0.15) is 31.1 Å². The molecule has 142 valence electrons. The van der Waals surface area contributed by atoms with E-state index >= 15 is 0 Å². The van der Waals surface area contributed by atoms with E-state index in [2.05, 4.69) is 0 Å². The maximum atomic E-state index is 12.0. The zero-order chi connectivity index (χ0) is 20.7. The number of benzene rings is 4. The predicted molar refractivity (Wildman–Crippen MR) is 108 cm³/mol. The summed E-state index contributed by atoms with van der Waals surface area (Å²) in [5.74, 6) is -3.57. The summed E-state index contributed by atoms with van der Waals surface area (Å²) in [7, 11) is 0. The molecule has 0 bridgehead atoms. The van der Waals surface area contributed by atoms with Crippen LogP contribution >= 0.6 is 0 Å². The summed E-state index contributed by atoms with van der Waals surface area (Å²) in [4.78, 5) is 35.1. The fourth-order valence-electron chi connectivity index (χ4n) is 3.69. The molecule has 0 atom stereocenters. The Bertz CT molecular complexity index is 1250. The summed E-state index contributed by atoms with van der Waals surface area (Å²) in [5, 5.41) is 30.9. The standard InChI is InChI=1S/C23H14O6/c24-21(25)13-9-12(10-14(11-13)22(26)27)19-15-5-1-3-7-17(15)20(23(28)29)18-8-4-2-6-16(18)19/h1-11H,(H,24,25)(H,26,27)(H,28,29). The average molecular weight is 386 g/mol. The van der Waals surface area contributed by atoms with E-state index in [4.69, 9.17) is 0 Å². The molecule has 0 aromatic heterocycles. The SMILES string of the molecule is O=C(O)c1cc(C(=O)O)cc(-c2c3ccccc3c(C(=O)O)c3ccccc23)c1. The van der Waals surface area contributed by atoms with Gasteiger partial charge >= 0.3 is 17.9 Å². The molecule has 29 heavy (non-hydrogen) atoms. The lowest BCUT2D eigenvalue weighted by Crippen LogP contribution is -2.04. The number of fused-ring (bicyclic) bond motifs is 2. The Balaban J connectivity index is 2.23. The third-order valence-electron chi connectivity index (χ3n) is 4.86. The van der Waals surface area contributed by atoms with Crippen LogP contribution in [0.15, 0.2) is 66.7 Å². The molecule has 0 aliphatic carbocycles. The van der Waals surface area contributed by atoms with Crippen molar-refractivity contribution in [2.45, 2.75) is 0 Å².